The maximum atomic E-state index is 12.9. The largest absolute Gasteiger partial charge is 0.416 e. The zero-order chi connectivity index (χ0) is 25.0. The SMILES string of the molecule is O=C(Nc1cccc(C(F)(F)F)c1)c1cccc(NC(=O)c2ccc(=O)n(-c3ccccc3)n2)c1. The third-order valence-electron chi connectivity index (χ3n) is 4.86. The number of para-hydroxylation sites is 1. The van der Waals surface area contributed by atoms with E-state index in [0.717, 1.165) is 16.8 Å². The first kappa shape index (κ1) is 23.4. The number of alkyl halides is 3. The smallest absolute Gasteiger partial charge is 0.322 e. The second kappa shape index (κ2) is 9.64. The van der Waals surface area contributed by atoms with Crippen LogP contribution in [0.15, 0.2) is 95.8 Å². The van der Waals surface area contributed by atoms with Gasteiger partial charge in [-0.1, -0.05) is 30.3 Å². The molecule has 0 saturated heterocycles. The molecule has 0 aliphatic carbocycles. The van der Waals surface area contributed by atoms with Gasteiger partial charge < -0.3 is 10.6 Å². The summed E-state index contributed by atoms with van der Waals surface area (Å²) in [4.78, 5) is 37.4. The molecule has 35 heavy (non-hydrogen) atoms. The number of hydrogen-bond acceptors (Lipinski definition) is 4. The summed E-state index contributed by atoms with van der Waals surface area (Å²) in [5.74, 6) is -1.28. The molecule has 1 heterocycles. The van der Waals surface area contributed by atoms with Gasteiger partial charge in [0, 0.05) is 23.0 Å². The van der Waals surface area contributed by atoms with Gasteiger partial charge in [-0.05, 0) is 54.6 Å². The first-order valence-corrected chi connectivity index (χ1v) is 10.3. The number of benzene rings is 3. The highest BCUT2D eigenvalue weighted by atomic mass is 19.4. The summed E-state index contributed by atoms with van der Waals surface area (Å²) in [7, 11) is 0. The van der Waals surface area contributed by atoms with Crippen molar-refractivity contribution in [2.75, 3.05) is 10.6 Å². The molecule has 3 aromatic carbocycles. The number of nitrogens with zero attached hydrogens (tertiary/aromatic N) is 2. The van der Waals surface area contributed by atoms with Crippen molar-refractivity contribution in [1.29, 1.82) is 0 Å². The van der Waals surface area contributed by atoms with E-state index in [9.17, 15) is 27.6 Å². The molecule has 2 N–H and O–H groups in total. The third kappa shape index (κ3) is 5.61. The van der Waals surface area contributed by atoms with Gasteiger partial charge in [-0.25, -0.2) is 0 Å². The van der Waals surface area contributed by atoms with Crippen molar-refractivity contribution in [2.45, 2.75) is 6.18 Å². The van der Waals surface area contributed by atoms with E-state index in [1.807, 2.05) is 0 Å². The van der Waals surface area contributed by atoms with Gasteiger partial charge in [0.2, 0.25) is 0 Å². The van der Waals surface area contributed by atoms with E-state index in [1.54, 1.807) is 30.3 Å². The number of halogens is 3. The fraction of sp³-hybridized carbons (Fsp3) is 0.0400. The number of rotatable bonds is 5. The highest BCUT2D eigenvalue weighted by Gasteiger charge is 2.30. The summed E-state index contributed by atoms with van der Waals surface area (Å²) in [5, 5.41) is 9.11. The lowest BCUT2D eigenvalue weighted by Gasteiger charge is -2.11. The lowest BCUT2D eigenvalue weighted by atomic mass is 10.1. The summed E-state index contributed by atoms with van der Waals surface area (Å²) in [5.41, 5.74) is -0.505. The quantitative estimate of drug-likeness (QED) is 0.433. The first-order chi connectivity index (χ1) is 16.7. The standard InChI is InChI=1S/C25H17F3N4O3/c26-25(27,28)17-7-5-9-19(15-17)29-23(34)16-6-4-8-18(14-16)30-24(35)21-12-13-22(33)32(31-21)20-10-2-1-3-11-20/h1-15H,(H,29,34)(H,30,35). The molecule has 7 nitrogen and oxygen atoms in total. The Kier molecular flexibility index (Phi) is 6.45. The number of hydrogen-bond donors (Lipinski definition) is 2. The van der Waals surface area contributed by atoms with Crippen LogP contribution in [0, 0.1) is 0 Å². The fourth-order valence-corrected chi connectivity index (χ4v) is 3.20. The van der Waals surface area contributed by atoms with Crippen LogP contribution in [-0.4, -0.2) is 21.6 Å². The monoisotopic (exact) mass is 478 g/mol. The zero-order valence-corrected chi connectivity index (χ0v) is 17.9. The Morgan fingerprint density at radius 2 is 1.40 bits per heavy atom. The summed E-state index contributed by atoms with van der Waals surface area (Å²) in [6.45, 7) is 0. The predicted octanol–water partition coefficient (Wildman–Crippen LogP) is 4.76. The van der Waals surface area contributed by atoms with Crippen molar-refractivity contribution in [3.8, 4) is 5.69 Å². The molecular weight excluding hydrogens is 461 g/mol. The van der Waals surface area contributed by atoms with E-state index in [4.69, 9.17) is 0 Å². The van der Waals surface area contributed by atoms with Crippen molar-refractivity contribution in [3.05, 3.63) is 118 Å². The predicted molar refractivity (Wildman–Crippen MR) is 124 cm³/mol. The zero-order valence-electron chi connectivity index (χ0n) is 17.9. The Hall–Kier alpha value is -4.73. The van der Waals surface area contributed by atoms with Crippen LogP contribution in [0.3, 0.4) is 0 Å². The second-order valence-corrected chi connectivity index (χ2v) is 7.37. The van der Waals surface area contributed by atoms with Gasteiger partial charge in [0.1, 0.15) is 5.69 Å². The van der Waals surface area contributed by atoms with Crippen LogP contribution in [0.25, 0.3) is 5.69 Å². The molecule has 0 spiro atoms. The van der Waals surface area contributed by atoms with Crippen molar-refractivity contribution >= 4 is 23.2 Å². The molecule has 1 aromatic heterocycles. The topological polar surface area (TPSA) is 93.1 Å². The van der Waals surface area contributed by atoms with Crippen LogP contribution in [-0.2, 0) is 6.18 Å². The van der Waals surface area contributed by atoms with Gasteiger partial charge in [0.25, 0.3) is 17.4 Å². The van der Waals surface area contributed by atoms with E-state index < -0.39 is 29.1 Å². The van der Waals surface area contributed by atoms with E-state index >= 15 is 0 Å². The van der Waals surface area contributed by atoms with Crippen molar-refractivity contribution in [1.82, 2.24) is 9.78 Å². The molecule has 2 amide bonds. The third-order valence-corrected chi connectivity index (χ3v) is 4.86. The Morgan fingerprint density at radius 1 is 0.743 bits per heavy atom. The highest BCUT2D eigenvalue weighted by molar-refractivity contribution is 6.06. The number of nitrogens with one attached hydrogen (secondary N) is 2. The number of carbonyl (C=O) groups excluding carboxylic acids is 2. The van der Waals surface area contributed by atoms with Crippen molar-refractivity contribution < 1.29 is 22.8 Å². The minimum Gasteiger partial charge on any atom is -0.322 e. The fourth-order valence-electron chi connectivity index (χ4n) is 3.20. The molecule has 0 aliphatic heterocycles. The van der Waals surface area contributed by atoms with E-state index in [0.29, 0.717) is 5.69 Å². The van der Waals surface area contributed by atoms with Crippen LogP contribution in [0.5, 0.6) is 0 Å². The summed E-state index contributed by atoms with van der Waals surface area (Å²) < 4.78 is 39.8. The molecule has 0 atom stereocenters. The van der Waals surface area contributed by atoms with Crippen molar-refractivity contribution in [3.63, 3.8) is 0 Å². The molecule has 0 unspecified atom stereocenters. The molecule has 0 saturated carbocycles. The molecule has 10 heteroatoms. The lowest BCUT2D eigenvalue weighted by Crippen LogP contribution is -2.24. The normalized spacial score (nSPS) is 11.1. The molecule has 0 radical (unpaired) electrons. The van der Waals surface area contributed by atoms with Gasteiger partial charge in [-0.3, -0.25) is 14.4 Å². The number of carbonyl (C=O) groups is 2. The second-order valence-electron chi connectivity index (χ2n) is 7.37. The Balaban J connectivity index is 1.50. The Bertz CT molecular complexity index is 1450. The minimum absolute atomic E-state index is 0.0216. The van der Waals surface area contributed by atoms with Gasteiger partial charge in [-0.2, -0.15) is 23.0 Å². The van der Waals surface area contributed by atoms with Crippen LogP contribution in [0.2, 0.25) is 0 Å². The molecular formula is C25H17F3N4O3. The highest BCUT2D eigenvalue weighted by Crippen LogP contribution is 2.30. The number of aromatic nitrogens is 2. The lowest BCUT2D eigenvalue weighted by molar-refractivity contribution is -0.137. The molecule has 4 aromatic rings. The average Bonchev–Trinajstić information content (AvgIpc) is 2.84. The maximum Gasteiger partial charge on any atom is 0.416 e. The molecule has 0 aliphatic rings. The number of anilines is 2. The molecule has 176 valence electrons. The average molecular weight is 478 g/mol. The van der Waals surface area contributed by atoms with Crippen molar-refractivity contribution in [2.24, 2.45) is 0 Å². The van der Waals surface area contributed by atoms with Crippen LogP contribution in [0.1, 0.15) is 26.4 Å². The van der Waals surface area contributed by atoms with Gasteiger partial charge in [-0.15, -0.1) is 0 Å². The summed E-state index contributed by atoms with van der Waals surface area (Å²) in [6.07, 6.45) is -4.54. The van der Waals surface area contributed by atoms with Crippen LogP contribution in [0.4, 0.5) is 24.5 Å². The maximum absolute atomic E-state index is 12.9. The van der Waals surface area contributed by atoms with Gasteiger partial charge in [0.05, 0.1) is 11.3 Å². The first-order valence-electron chi connectivity index (χ1n) is 10.3. The molecule has 0 fully saturated rings. The van der Waals surface area contributed by atoms with E-state index in [2.05, 4.69) is 15.7 Å². The molecule has 0 bridgehead atoms. The van der Waals surface area contributed by atoms with Crippen LogP contribution >= 0.6 is 0 Å². The van der Waals surface area contributed by atoms with E-state index in [-0.39, 0.29) is 22.6 Å². The Morgan fingerprint density at radius 3 is 2.11 bits per heavy atom. The minimum atomic E-state index is -4.54. The Labute approximate surface area is 196 Å². The summed E-state index contributed by atoms with van der Waals surface area (Å²) in [6, 6.07) is 21.2. The van der Waals surface area contributed by atoms with E-state index in [1.165, 1.54) is 48.5 Å². The molecule has 4 rings (SSSR count). The van der Waals surface area contributed by atoms with Crippen LogP contribution < -0.4 is 16.2 Å². The van der Waals surface area contributed by atoms with Gasteiger partial charge >= 0.3 is 6.18 Å². The number of amides is 2. The van der Waals surface area contributed by atoms with Gasteiger partial charge in [0.15, 0.2) is 0 Å². The summed E-state index contributed by atoms with van der Waals surface area (Å²) >= 11 is 0.